The van der Waals surface area contributed by atoms with Crippen LogP contribution in [-0.4, -0.2) is 39.3 Å². The van der Waals surface area contributed by atoms with Gasteiger partial charge in [0.1, 0.15) is 18.1 Å². The lowest BCUT2D eigenvalue weighted by Gasteiger charge is -2.09. The number of aromatic amines is 1. The molecule has 0 saturated heterocycles. The zero-order valence-corrected chi connectivity index (χ0v) is 19.9. The van der Waals surface area contributed by atoms with Gasteiger partial charge in [0.15, 0.2) is 11.2 Å². The van der Waals surface area contributed by atoms with Gasteiger partial charge < -0.3 is 8.98 Å². The first-order valence-corrected chi connectivity index (χ1v) is 12.3. The summed E-state index contributed by atoms with van der Waals surface area (Å²) in [4.78, 5) is 32.9. The maximum Gasteiger partial charge on any atom is 0.330 e. The summed E-state index contributed by atoms with van der Waals surface area (Å²) in [6.45, 7) is 3.43. The van der Waals surface area contributed by atoms with E-state index in [1.807, 2.05) is 47.0 Å². The SMILES string of the molecule is CCCCn1c(CSc2nnnn2Cc2ccco2)nc2c1c(=O)[nH]c(=O)n2Cc1ccccc1. The molecular formula is C23H24N8O3S. The minimum Gasteiger partial charge on any atom is -0.467 e. The molecule has 0 aliphatic rings. The predicted molar refractivity (Wildman–Crippen MR) is 130 cm³/mol. The van der Waals surface area contributed by atoms with E-state index in [-0.39, 0.29) is 0 Å². The molecule has 180 valence electrons. The molecule has 0 bridgehead atoms. The fourth-order valence-corrected chi connectivity index (χ4v) is 4.70. The van der Waals surface area contributed by atoms with Gasteiger partial charge in [-0.3, -0.25) is 14.3 Å². The number of nitrogens with zero attached hydrogens (tertiary/aromatic N) is 7. The number of benzene rings is 1. The van der Waals surface area contributed by atoms with Gasteiger partial charge in [-0.1, -0.05) is 55.4 Å². The highest BCUT2D eigenvalue weighted by molar-refractivity contribution is 7.98. The Morgan fingerprint density at radius 2 is 1.91 bits per heavy atom. The van der Waals surface area contributed by atoms with Crippen LogP contribution in [0, 0.1) is 0 Å². The van der Waals surface area contributed by atoms with E-state index in [4.69, 9.17) is 9.40 Å². The molecule has 0 radical (unpaired) electrons. The van der Waals surface area contributed by atoms with Gasteiger partial charge in [-0.25, -0.2) is 14.5 Å². The predicted octanol–water partition coefficient (Wildman–Crippen LogP) is 2.65. The number of nitrogens with one attached hydrogen (secondary N) is 1. The second kappa shape index (κ2) is 10.1. The van der Waals surface area contributed by atoms with E-state index in [2.05, 4.69) is 27.4 Å². The van der Waals surface area contributed by atoms with Gasteiger partial charge >= 0.3 is 5.69 Å². The Labute approximate surface area is 203 Å². The third-order valence-electron chi connectivity index (χ3n) is 5.60. The van der Waals surface area contributed by atoms with Crippen molar-refractivity contribution in [2.45, 2.75) is 50.3 Å². The zero-order chi connectivity index (χ0) is 24.2. The normalized spacial score (nSPS) is 11.5. The fraction of sp³-hybridized carbons (Fsp3) is 0.304. The molecule has 11 nitrogen and oxygen atoms in total. The van der Waals surface area contributed by atoms with E-state index in [9.17, 15) is 9.59 Å². The van der Waals surface area contributed by atoms with Crippen LogP contribution in [-0.2, 0) is 25.4 Å². The van der Waals surface area contributed by atoms with Crippen LogP contribution in [0.2, 0.25) is 0 Å². The molecule has 0 unspecified atom stereocenters. The number of tetrazole rings is 1. The first kappa shape index (κ1) is 22.8. The Hall–Kier alpha value is -3.93. The van der Waals surface area contributed by atoms with Crippen molar-refractivity contribution < 1.29 is 4.42 Å². The van der Waals surface area contributed by atoms with Crippen LogP contribution >= 0.6 is 11.8 Å². The molecule has 0 amide bonds. The van der Waals surface area contributed by atoms with E-state index in [1.165, 1.54) is 16.3 Å². The standard InChI is InChI=1S/C23H24N8O3S/c1-2-3-11-29-18(15-35-23-26-27-28-31(23)14-17-10-7-12-34-17)24-20-19(29)21(32)25-22(33)30(20)13-16-8-5-4-6-9-16/h4-10,12H,2-3,11,13-15H2,1H3,(H,25,32,33). The molecule has 4 heterocycles. The summed E-state index contributed by atoms with van der Waals surface area (Å²) in [7, 11) is 0. The molecule has 5 rings (SSSR count). The lowest BCUT2D eigenvalue weighted by atomic mass is 10.2. The number of aryl methyl sites for hydroxylation is 1. The van der Waals surface area contributed by atoms with Gasteiger partial charge in [0.2, 0.25) is 5.16 Å². The number of H-pyrrole nitrogens is 1. The lowest BCUT2D eigenvalue weighted by molar-refractivity contribution is 0.462. The molecule has 0 atom stereocenters. The third-order valence-corrected chi connectivity index (χ3v) is 6.55. The number of thioether (sulfide) groups is 1. The van der Waals surface area contributed by atoms with Crippen molar-refractivity contribution in [3.63, 3.8) is 0 Å². The van der Waals surface area contributed by atoms with Crippen molar-refractivity contribution in [2.24, 2.45) is 0 Å². The molecule has 0 aliphatic carbocycles. The highest BCUT2D eigenvalue weighted by atomic mass is 32.2. The molecule has 0 fully saturated rings. The average molecular weight is 493 g/mol. The number of unbranched alkanes of at least 4 members (excludes halogenated alkanes) is 1. The van der Waals surface area contributed by atoms with Crippen LogP contribution in [0.4, 0.5) is 0 Å². The van der Waals surface area contributed by atoms with Crippen LogP contribution in [0.1, 0.15) is 36.9 Å². The van der Waals surface area contributed by atoms with Crippen LogP contribution in [0.15, 0.2) is 67.9 Å². The first-order chi connectivity index (χ1) is 17.1. The van der Waals surface area contributed by atoms with Gasteiger partial charge in [-0.05, 0) is 34.5 Å². The van der Waals surface area contributed by atoms with Crippen LogP contribution < -0.4 is 11.2 Å². The topological polar surface area (TPSA) is 129 Å². The maximum absolute atomic E-state index is 12.9. The van der Waals surface area contributed by atoms with Crippen LogP contribution in [0.5, 0.6) is 0 Å². The number of hydrogen-bond acceptors (Lipinski definition) is 8. The quantitative estimate of drug-likeness (QED) is 0.295. The van der Waals surface area contributed by atoms with Crippen molar-refractivity contribution in [1.29, 1.82) is 0 Å². The fourth-order valence-electron chi connectivity index (χ4n) is 3.88. The van der Waals surface area contributed by atoms with E-state index in [0.29, 0.717) is 47.5 Å². The molecule has 1 N–H and O–H groups in total. The number of rotatable bonds is 10. The number of fused-ring (bicyclic) bond motifs is 1. The van der Waals surface area contributed by atoms with E-state index >= 15 is 0 Å². The molecule has 1 aromatic carbocycles. The van der Waals surface area contributed by atoms with Gasteiger partial charge in [-0.15, -0.1) is 5.10 Å². The van der Waals surface area contributed by atoms with Crippen LogP contribution in [0.3, 0.4) is 0 Å². The molecule has 0 aliphatic heterocycles. The lowest BCUT2D eigenvalue weighted by Crippen LogP contribution is -2.31. The number of imidazole rings is 1. The highest BCUT2D eigenvalue weighted by Crippen LogP contribution is 2.23. The van der Waals surface area contributed by atoms with Crippen molar-refractivity contribution in [3.05, 3.63) is 86.7 Å². The minimum absolute atomic E-state index is 0.311. The summed E-state index contributed by atoms with van der Waals surface area (Å²) in [6, 6.07) is 13.3. The molecule has 35 heavy (non-hydrogen) atoms. The van der Waals surface area contributed by atoms with Crippen molar-refractivity contribution >= 4 is 22.9 Å². The molecule has 12 heteroatoms. The smallest absolute Gasteiger partial charge is 0.330 e. The zero-order valence-electron chi connectivity index (χ0n) is 19.1. The second-order valence-corrected chi connectivity index (χ2v) is 8.97. The third kappa shape index (κ3) is 4.83. The van der Waals surface area contributed by atoms with Gasteiger partial charge in [-0.2, -0.15) is 0 Å². The minimum atomic E-state index is -0.479. The average Bonchev–Trinajstić information content (AvgIpc) is 3.61. The van der Waals surface area contributed by atoms with Gasteiger partial charge in [0.25, 0.3) is 5.56 Å². The first-order valence-electron chi connectivity index (χ1n) is 11.3. The Kier molecular flexibility index (Phi) is 6.62. The Morgan fingerprint density at radius 1 is 1.06 bits per heavy atom. The van der Waals surface area contributed by atoms with E-state index in [1.54, 1.807) is 10.9 Å². The summed E-state index contributed by atoms with van der Waals surface area (Å²) in [5, 5.41) is 12.6. The van der Waals surface area contributed by atoms with Crippen molar-refractivity contribution in [3.8, 4) is 0 Å². The molecule has 5 aromatic rings. The second-order valence-electron chi connectivity index (χ2n) is 8.02. The molecule has 4 aromatic heterocycles. The number of aromatic nitrogens is 8. The van der Waals surface area contributed by atoms with Crippen LogP contribution in [0.25, 0.3) is 11.2 Å². The number of hydrogen-bond donors (Lipinski definition) is 1. The largest absolute Gasteiger partial charge is 0.467 e. The van der Waals surface area contributed by atoms with Gasteiger partial charge in [0.05, 0.1) is 18.6 Å². The van der Waals surface area contributed by atoms with Crippen molar-refractivity contribution in [2.75, 3.05) is 0 Å². The number of furan rings is 1. The Bertz CT molecular complexity index is 1530. The maximum atomic E-state index is 12.9. The summed E-state index contributed by atoms with van der Waals surface area (Å²) >= 11 is 1.41. The summed E-state index contributed by atoms with van der Waals surface area (Å²) in [5.41, 5.74) is 0.813. The Balaban J connectivity index is 1.51. The van der Waals surface area contributed by atoms with E-state index < -0.39 is 11.2 Å². The summed E-state index contributed by atoms with van der Waals surface area (Å²) in [6.07, 6.45) is 3.43. The highest BCUT2D eigenvalue weighted by Gasteiger charge is 2.20. The molecular weight excluding hydrogens is 468 g/mol. The summed E-state index contributed by atoms with van der Waals surface area (Å²) in [5.74, 6) is 1.85. The summed E-state index contributed by atoms with van der Waals surface area (Å²) < 4.78 is 10.5. The Morgan fingerprint density at radius 3 is 2.69 bits per heavy atom. The van der Waals surface area contributed by atoms with Crippen molar-refractivity contribution in [1.82, 2.24) is 39.3 Å². The van der Waals surface area contributed by atoms with E-state index in [0.717, 1.165) is 24.2 Å². The van der Waals surface area contributed by atoms with Gasteiger partial charge in [0, 0.05) is 6.54 Å². The molecule has 0 spiro atoms. The monoisotopic (exact) mass is 492 g/mol. The molecule has 0 saturated carbocycles.